The largest absolute Gasteiger partial charge is 0.573 e. The predicted octanol–water partition coefficient (Wildman–Crippen LogP) is 6.50. The summed E-state index contributed by atoms with van der Waals surface area (Å²) in [5.74, 6) is 0.0905. The van der Waals surface area contributed by atoms with E-state index in [1.54, 1.807) is 24.1 Å². The molecule has 4 aliphatic rings. The van der Waals surface area contributed by atoms with Crippen LogP contribution in [0.25, 0.3) is 6.08 Å². The zero-order chi connectivity index (χ0) is 31.6. The van der Waals surface area contributed by atoms with Crippen LogP contribution in [0.4, 0.5) is 13.2 Å². The lowest BCUT2D eigenvalue weighted by atomic mass is 9.43. The van der Waals surface area contributed by atoms with Gasteiger partial charge in [-0.05, 0) is 85.0 Å². The molecule has 1 N–H and O–H groups in total. The van der Waals surface area contributed by atoms with Gasteiger partial charge in [0.1, 0.15) is 11.9 Å². The number of benzene rings is 3. The second kappa shape index (κ2) is 10.8. The Kier molecular flexibility index (Phi) is 7.15. The number of phenols is 1. The monoisotopic (exact) mass is 618 g/mol. The summed E-state index contributed by atoms with van der Waals surface area (Å²) in [5.41, 5.74) is 3.61. The fourth-order valence-electron chi connectivity index (χ4n) is 8.90. The Morgan fingerprint density at radius 1 is 1.13 bits per heavy atom. The van der Waals surface area contributed by atoms with Gasteiger partial charge in [-0.25, -0.2) is 0 Å². The van der Waals surface area contributed by atoms with Crippen molar-refractivity contribution in [2.45, 2.75) is 69.0 Å². The number of rotatable bonds is 7. The van der Waals surface area contributed by atoms with Crippen molar-refractivity contribution in [3.8, 4) is 17.2 Å². The van der Waals surface area contributed by atoms with E-state index in [-0.39, 0.29) is 40.4 Å². The Morgan fingerprint density at radius 3 is 2.71 bits per heavy atom. The number of piperidine rings is 1. The molecule has 3 aromatic carbocycles. The van der Waals surface area contributed by atoms with Crippen molar-refractivity contribution in [3.63, 3.8) is 0 Å². The standard InChI is InChI=1S/C36H37F3N2O4/c1-34-17-15-27(40(2)30(43)14-11-24-9-6-10-26(21-24)45-36(37,38)39)33-35(34)18-20-41(19-16-23-7-4-3-5-8-23)29(34)22-25-12-13-28(42)32(44-33)31(25)35/h3-14,21,27,29,33,42H,15-20,22H2,1-2H3/t27-,29+,33-,34-,35-/m0/s1. The molecule has 3 aromatic rings. The van der Waals surface area contributed by atoms with Gasteiger partial charge < -0.3 is 19.5 Å². The second-order valence-corrected chi connectivity index (χ2v) is 13.1. The summed E-state index contributed by atoms with van der Waals surface area (Å²) >= 11 is 0. The minimum absolute atomic E-state index is 0.117. The molecule has 2 fully saturated rings. The molecule has 7 rings (SSSR count). The summed E-state index contributed by atoms with van der Waals surface area (Å²) in [6, 6.07) is 20.0. The summed E-state index contributed by atoms with van der Waals surface area (Å²) in [7, 11) is 1.77. The normalized spacial score (nSPS) is 28.4. The molecule has 5 atom stereocenters. The minimum Gasteiger partial charge on any atom is -0.504 e. The zero-order valence-corrected chi connectivity index (χ0v) is 25.4. The highest BCUT2D eigenvalue weighted by atomic mass is 19.4. The lowest BCUT2D eigenvalue weighted by Crippen LogP contribution is -2.73. The maximum Gasteiger partial charge on any atom is 0.573 e. The van der Waals surface area contributed by atoms with Crippen LogP contribution >= 0.6 is 0 Å². The van der Waals surface area contributed by atoms with E-state index < -0.39 is 6.36 Å². The number of ether oxygens (including phenoxy) is 2. The molecular formula is C36H37F3N2O4. The van der Waals surface area contributed by atoms with E-state index in [4.69, 9.17) is 4.74 Å². The molecule has 2 aliphatic carbocycles. The maximum atomic E-state index is 13.6. The first-order valence-electron chi connectivity index (χ1n) is 15.6. The molecule has 0 radical (unpaired) electrons. The number of carbonyl (C=O) groups excluding carboxylic acids is 1. The molecule has 2 bridgehead atoms. The van der Waals surface area contributed by atoms with Gasteiger partial charge in [0.15, 0.2) is 11.5 Å². The van der Waals surface area contributed by atoms with Crippen LogP contribution in [0.3, 0.4) is 0 Å². The third-order valence-corrected chi connectivity index (χ3v) is 11.0. The van der Waals surface area contributed by atoms with Crippen LogP contribution in [-0.2, 0) is 23.1 Å². The van der Waals surface area contributed by atoms with Gasteiger partial charge in [-0.2, -0.15) is 0 Å². The summed E-state index contributed by atoms with van der Waals surface area (Å²) in [6.45, 7) is 4.26. The van der Waals surface area contributed by atoms with Gasteiger partial charge in [0.2, 0.25) is 5.91 Å². The number of amides is 1. The van der Waals surface area contributed by atoms with E-state index in [2.05, 4.69) is 40.8 Å². The average molecular weight is 619 g/mol. The molecule has 2 aliphatic heterocycles. The van der Waals surface area contributed by atoms with Crippen LogP contribution in [0.1, 0.15) is 48.4 Å². The first kappa shape index (κ1) is 29.7. The van der Waals surface area contributed by atoms with Gasteiger partial charge in [-0.3, -0.25) is 9.69 Å². The summed E-state index contributed by atoms with van der Waals surface area (Å²) in [6.07, 6.45) is 2.14. The van der Waals surface area contributed by atoms with Crippen LogP contribution < -0.4 is 9.47 Å². The quantitative estimate of drug-likeness (QED) is 0.306. The van der Waals surface area contributed by atoms with Gasteiger partial charge in [-0.15, -0.1) is 13.2 Å². The Balaban J connectivity index is 1.16. The number of hydrogen-bond acceptors (Lipinski definition) is 5. The Labute approximate surface area is 261 Å². The fourth-order valence-corrected chi connectivity index (χ4v) is 8.90. The van der Waals surface area contributed by atoms with Gasteiger partial charge >= 0.3 is 6.36 Å². The van der Waals surface area contributed by atoms with E-state index in [9.17, 15) is 23.1 Å². The van der Waals surface area contributed by atoms with E-state index in [0.717, 1.165) is 50.8 Å². The van der Waals surface area contributed by atoms with Gasteiger partial charge in [0.25, 0.3) is 0 Å². The number of carbonyl (C=O) groups is 1. The number of likely N-dealkylation sites (N-methyl/N-ethyl adjacent to an activating group) is 1. The van der Waals surface area contributed by atoms with Crippen molar-refractivity contribution in [2.24, 2.45) is 5.41 Å². The SMILES string of the molecule is CN(C(=O)C=Cc1cccc(OC(F)(F)F)c1)[C@H]1CC[C@@]2(C)[C@H]3Cc4ccc(O)c5c4[C@@]2(CCN3CCc2ccccc2)[C@H]1O5. The molecule has 0 aromatic heterocycles. The molecule has 45 heavy (non-hydrogen) atoms. The Bertz CT molecular complexity index is 1640. The van der Waals surface area contributed by atoms with E-state index >= 15 is 0 Å². The van der Waals surface area contributed by atoms with Gasteiger partial charge in [0, 0.05) is 36.7 Å². The van der Waals surface area contributed by atoms with Crippen molar-refractivity contribution in [1.29, 1.82) is 0 Å². The van der Waals surface area contributed by atoms with Crippen LogP contribution in [0.5, 0.6) is 17.2 Å². The van der Waals surface area contributed by atoms with Crippen LogP contribution in [-0.4, -0.2) is 65.5 Å². The number of halogens is 3. The first-order valence-corrected chi connectivity index (χ1v) is 15.6. The van der Waals surface area contributed by atoms with Gasteiger partial charge in [-0.1, -0.05) is 55.5 Å². The predicted molar refractivity (Wildman–Crippen MR) is 164 cm³/mol. The first-order chi connectivity index (χ1) is 21.5. The number of aromatic hydroxyl groups is 1. The lowest BCUT2D eigenvalue weighted by Gasteiger charge is -2.66. The molecule has 2 heterocycles. The van der Waals surface area contributed by atoms with Crippen LogP contribution in [0.15, 0.2) is 72.8 Å². The molecule has 1 saturated heterocycles. The molecular weight excluding hydrogens is 581 g/mol. The summed E-state index contributed by atoms with van der Waals surface area (Å²) in [5, 5.41) is 11.0. The van der Waals surface area contributed by atoms with Crippen LogP contribution in [0.2, 0.25) is 0 Å². The number of hydrogen-bond donors (Lipinski definition) is 1. The highest BCUT2D eigenvalue weighted by Gasteiger charge is 2.71. The molecule has 1 amide bonds. The highest BCUT2D eigenvalue weighted by Crippen LogP contribution is 2.69. The second-order valence-electron chi connectivity index (χ2n) is 13.1. The van der Waals surface area contributed by atoms with Crippen molar-refractivity contribution in [1.82, 2.24) is 9.80 Å². The van der Waals surface area contributed by atoms with Crippen molar-refractivity contribution >= 4 is 12.0 Å². The maximum absolute atomic E-state index is 13.6. The molecule has 0 unspecified atom stereocenters. The molecule has 1 saturated carbocycles. The average Bonchev–Trinajstić information content (AvgIpc) is 3.36. The molecule has 9 heteroatoms. The van der Waals surface area contributed by atoms with Crippen molar-refractivity contribution < 1.29 is 32.5 Å². The third kappa shape index (κ3) is 4.87. The minimum atomic E-state index is -4.80. The molecule has 236 valence electrons. The zero-order valence-electron chi connectivity index (χ0n) is 25.4. The Morgan fingerprint density at radius 2 is 1.93 bits per heavy atom. The third-order valence-electron chi connectivity index (χ3n) is 11.0. The number of likely N-dealkylation sites (tertiary alicyclic amines) is 1. The number of nitrogens with zero attached hydrogens (tertiary/aromatic N) is 2. The molecule has 6 nitrogen and oxygen atoms in total. The van der Waals surface area contributed by atoms with Crippen molar-refractivity contribution in [3.05, 3.63) is 95.1 Å². The van der Waals surface area contributed by atoms with E-state index in [1.807, 2.05) is 12.1 Å². The smallest absolute Gasteiger partial charge is 0.504 e. The summed E-state index contributed by atoms with van der Waals surface area (Å²) in [4.78, 5) is 17.9. The van der Waals surface area contributed by atoms with Gasteiger partial charge in [0.05, 0.1) is 6.04 Å². The number of alkyl halides is 3. The number of phenolic OH excluding ortho intramolecular Hbond substituents is 1. The lowest BCUT2D eigenvalue weighted by molar-refractivity contribution is -0.274. The van der Waals surface area contributed by atoms with E-state index in [0.29, 0.717) is 17.4 Å². The fraction of sp³-hybridized carbons (Fsp3) is 0.417. The Hall–Kier alpha value is -3.98. The summed E-state index contributed by atoms with van der Waals surface area (Å²) < 4.78 is 48.9. The molecule has 1 spiro atoms. The van der Waals surface area contributed by atoms with Crippen molar-refractivity contribution in [2.75, 3.05) is 20.1 Å². The van der Waals surface area contributed by atoms with E-state index in [1.165, 1.54) is 41.5 Å². The highest BCUT2D eigenvalue weighted by molar-refractivity contribution is 5.92. The topological polar surface area (TPSA) is 62.2 Å². The van der Waals surface area contributed by atoms with Crippen LogP contribution in [0, 0.1) is 5.41 Å².